The molecule has 1 atom stereocenters. The standard InChI is InChI=1S/C23H27N3O5S/c1-16(2)24-22(28)17(3)25(14-13-18-9-5-4-6-10-18)21(27)15-26-23(29)19-11-7-8-12-20(19)32(26,30)31/h4-12,16-17H,13-15H2,1-3H3,(H,24,28)/t17-/m0/s1. The molecule has 1 heterocycles. The van der Waals surface area contributed by atoms with Crippen molar-refractivity contribution in [3.8, 4) is 0 Å². The normalized spacial score (nSPS) is 15.4. The largest absolute Gasteiger partial charge is 0.352 e. The maximum absolute atomic E-state index is 13.2. The fourth-order valence-electron chi connectivity index (χ4n) is 3.58. The fourth-order valence-corrected chi connectivity index (χ4v) is 5.09. The van der Waals surface area contributed by atoms with E-state index in [0.717, 1.165) is 5.56 Å². The third kappa shape index (κ3) is 4.83. The highest BCUT2D eigenvalue weighted by molar-refractivity contribution is 7.90. The maximum atomic E-state index is 13.2. The zero-order valence-electron chi connectivity index (χ0n) is 18.3. The fraction of sp³-hybridized carbons (Fsp3) is 0.348. The van der Waals surface area contributed by atoms with E-state index in [-0.39, 0.29) is 29.0 Å². The van der Waals surface area contributed by atoms with Gasteiger partial charge in [-0.2, -0.15) is 0 Å². The molecule has 0 aromatic heterocycles. The monoisotopic (exact) mass is 457 g/mol. The van der Waals surface area contributed by atoms with Crippen LogP contribution in [0.3, 0.4) is 0 Å². The SMILES string of the molecule is CC(C)NC(=O)[C@H](C)N(CCc1ccccc1)C(=O)CN1C(=O)c2ccccc2S1(=O)=O. The number of nitrogens with one attached hydrogen (secondary N) is 1. The molecule has 0 unspecified atom stereocenters. The number of sulfonamides is 1. The van der Waals surface area contributed by atoms with Crippen LogP contribution in [0.15, 0.2) is 59.5 Å². The Balaban J connectivity index is 1.83. The molecular weight excluding hydrogens is 430 g/mol. The van der Waals surface area contributed by atoms with Crippen molar-refractivity contribution in [2.24, 2.45) is 0 Å². The number of amides is 3. The van der Waals surface area contributed by atoms with Crippen LogP contribution in [0.2, 0.25) is 0 Å². The second-order valence-corrected chi connectivity index (χ2v) is 9.81. The van der Waals surface area contributed by atoms with Gasteiger partial charge in [-0.25, -0.2) is 12.7 Å². The van der Waals surface area contributed by atoms with Gasteiger partial charge in [-0.05, 0) is 44.9 Å². The molecule has 2 aromatic rings. The number of nitrogens with zero attached hydrogens (tertiary/aromatic N) is 2. The summed E-state index contributed by atoms with van der Waals surface area (Å²) >= 11 is 0. The quantitative estimate of drug-likeness (QED) is 0.651. The summed E-state index contributed by atoms with van der Waals surface area (Å²) in [5.41, 5.74) is 1.01. The topological polar surface area (TPSA) is 104 Å². The van der Waals surface area contributed by atoms with Gasteiger partial charge in [0.2, 0.25) is 11.8 Å². The molecule has 8 nitrogen and oxygen atoms in total. The van der Waals surface area contributed by atoms with Gasteiger partial charge >= 0.3 is 0 Å². The molecule has 0 bridgehead atoms. The Bertz CT molecular complexity index is 1120. The highest BCUT2D eigenvalue weighted by Gasteiger charge is 2.43. The molecular formula is C23H27N3O5S. The van der Waals surface area contributed by atoms with Crippen LogP contribution < -0.4 is 5.32 Å². The van der Waals surface area contributed by atoms with Gasteiger partial charge in [0.15, 0.2) is 0 Å². The summed E-state index contributed by atoms with van der Waals surface area (Å²) in [6.07, 6.45) is 0.479. The van der Waals surface area contributed by atoms with Gasteiger partial charge in [0, 0.05) is 12.6 Å². The lowest BCUT2D eigenvalue weighted by atomic mass is 10.1. The van der Waals surface area contributed by atoms with Crippen LogP contribution in [0, 0.1) is 0 Å². The van der Waals surface area contributed by atoms with Crippen molar-refractivity contribution >= 4 is 27.7 Å². The molecule has 1 aliphatic rings. The highest BCUT2D eigenvalue weighted by atomic mass is 32.2. The lowest BCUT2D eigenvalue weighted by molar-refractivity contribution is -0.140. The van der Waals surface area contributed by atoms with Gasteiger partial charge in [0.05, 0.1) is 5.56 Å². The number of benzene rings is 2. The number of carbonyl (C=O) groups is 3. The second-order valence-electron chi connectivity index (χ2n) is 7.97. The second kappa shape index (κ2) is 9.52. The maximum Gasteiger partial charge on any atom is 0.269 e. The molecule has 9 heteroatoms. The van der Waals surface area contributed by atoms with Crippen molar-refractivity contribution in [2.75, 3.05) is 13.1 Å². The van der Waals surface area contributed by atoms with Crippen LogP contribution in [0.5, 0.6) is 0 Å². The molecule has 0 saturated carbocycles. The van der Waals surface area contributed by atoms with Crippen LogP contribution in [0.4, 0.5) is 0 Å². The first-order valence-corrected chi connectivity index (χ1v) is 11.9. The Kier molecular flexibility index (Phi) is 6.98. The highest BCUT2D eigenvalue weighted by Crippen LogP contribution is 2.29. The molecule has 32 heavy (non-hydrogen) atoms. The number of hydrogen-bond donors (Lipinski definition) is 1. The predicted octanol–water partition coefficient (Wildman–Crippen LogP) is 1.82. The molecule has 3 amide bonds. The van der Waals surface area contributed by atoms with Crippen LogP contribution in [0.1, 0.15) is 36.7 Å². The number of hydrogen-bond acceptors (Lipinski definition) is 5. The first-order valence-electron chi connectivity index (χ1n) is 10.4. The van der Waals surface area contributed by atoms with Crippen molar-refractivity contribution in [2.45, 2.75) is 44.2 Å². The molecule has 0 aliphatic carbocycles. The Morgan fingerprint density at radius 1 is 1.00 bits per heavy atom. The number of carbonyl (C=O) groups excluding carboxylic acids is 3. The smallest absolute Gasteiger partial charge is 0.269 e. The summed E-state index contributed by atoms with van der Waals surface area (Å²) in [7, 11) is -4.12. The van der Waals surface area contributed by atoms with E-state index in [1.54, 1.807) is 13.0 Å². The molecule has 0 radical (unpaired) electrons. The average Bonchev–Trinajstić information content (AvgIpc) is 2.95. The van der Waals surface area contributed by atoms with E-state index in [1.807, 2.05) is 44.2 Å². The van der Waals surface area contributed by atoms with Crippen LogP contribution in [-0.4, -0.2) is 60.5 Å². The lowest BCUT2D eigenvalue weighted by Crippen LogP contribution is -2.53. The van der Waals surface area contributed by atoms with Gasteiger partial charge < -0.3 is 10.2 Å². The van der Waals surface area contributed by atoms with Crippen molar-refractivity contribution in [1.29, 1.82) is 0 Å². The summed E-state index contributed by atoms with van der Waals surface area (Å²) in [6.45, 7) is 4.76. The van der Waals surface area contributed by atoms with Crippen LogP contribution in [0.25, 0.3) is 0 Å². The minimum atomic E-state index is -4.12. The Hall–Kier alpha value is -3.20. The van der Waals surface area contributed by atoms with E-state index < -0.39 is 34.4 Å². The first-order chi connectivity index (χ1) is 15.1. The summed E-state index contributed by atoms with van der Waals surface area (Å²) in [4.78, 5) is 39.8. The van der Waals surface area contributed by atoms with E-state index >= 15 is 0 Å². The minimum Gasteiger partial charge on any atom is -0.352 e. The molecule has 170 valence electrons. The molecule has 0 fully saturated rings. The van der Waals surface area contributed by atoms with E-state index in [4.69, 9.17) is 0 Å². The summed E-state index contributed by atoms with van der Waals surface area (Å²) in [5.74, 6) is -1.70. The van der Waals surface area contributed by atoms with Gasteiger partial charge in [-0.1, -0.05) is 42.5 Å². The zero-order valence-corrected chi connectivity index (χ0v) is 19.1. The van der Waals surface area contributed by atoms with E-state index in [9.17, 15) is 22.8 Å². The summed E-state index contributed by atoms with van der Waals surface area (Å²) in [6, 6.07) is 14.4. The molecule has 0 spiro atoms. The zero-order chi connectivity index (χ0) is 23.5. The van der Waals surface area contributed by atoms with Gasteiger partial charge in [-0.3, -0.25) is 14.4 Å². The molecule has 0 saturated heterocycles. The molecule has 1 aliphatic heterocycles. The van der Waals surface area contributed by atoms with Gasteiger partial charge in [0.25, 0.3) is 15.9 Å². The van der Waals surface area contributed by atoms with Crippen molar-refractivity contribution in [1.82, 2.24) is 14.5 Å². The lowest BCUT2D eigenvalue weighted by Gasteiger charge is -2.30. The molecule has 2 aromatic carbocycles. The average molecular weight is 458 g/mol. The Labute approximate surface area is 188 Å². The Morgan fingerprint density at radius 3 is 2.25 bits per heavy atom. The van der Waals surface area contributed by atoms with E-state index in [0.29, 0.717) is 10.7 Å². The molecule has 1 N–H and O–H groups in total. The summed E-state index contributed by atoms with van der Waals surface area (Å²) < 4.78 is 26.3. The van der Waals surface area contributed by atoms with Crippen LogP contribution >= 0.6 is 0 Å². The van der Waals surface area contributed by atoms with Gasteiger partial charge in [-0.15, -0.1) is 0 Å². The van der Waals surface area contributed by atoms with Crippen molar-refractivity contribution < 1.29 is 22.8 Å². The minimum absolute atomic E-state index is 0.0433. The first kappa shape index (κ1) is 23.5. The third-order valence-electron chi connectivity index (χ3n) is 5.27. The predicted molar refractivity (Wildman–Crippen MR) is 119 cm³/mol. The van der Waals surface area contributed by atoms with E-state index in [2.05, 4.69) is 5.32 Å². The number of fused-ring (bicyclic) bond motifs is 1. The molecule has 3 rings (SSSR count). The Morgan fingerprint density at radius 2 is 1.62 bits per heavy atom. The van der Waals surface area contributed by atoms with Crippen LogP contribution in [-0.2, 0) is 26.0 Å². The summed E-state index contributed by atoms with van der Waals surface area (Å²) in [5, 5.41) is 2.78. The van der Waals surface area contributed by atoms with Gasteiger partial charge in [0.1, 0.15) is 17.5 Å². The number of rotatable bonds is 8. The van der Waals surface area contributed by atoms with Crippen molar-refractivity contribution in [3.63, 3.8) is 0 Å². The third-order valence-corrected chi connectivity index (χ3v) is 7.06. The van der Waals surface area contributed by atoms with E-state index in [1.165, 1.54) is 23.1 Å². The van der Waals surface area contributed by atoms with Crippen molar-refractivity contribution in [3.05, 3.63) is 65.7 Å².